The summed E-state index contributed by atoms with van der Waals surface area (Å²) in [6.07, 6.45) is -5.68. The molecule has 3 heterocycles. The summed E-state index contributed by atoms with van der Waals surface area (Å²) in [6, 6.07) is 8.76. The molecule has 15 heteroatoms. The van der Waals surface area contributed by atoms with Gasteiger partial charge in [0, 0.05) is 12.1 Å². The number of pyridine rings is 1. The smallest absolute Gasteiger partial charge is 0.390 e. The number of aliphatic hydroxyl groups excluding tert-OH is 2. The number of benzene rings is 1. The number of fused-ring (bicyclic) bond motifs is 1. The van der Waals surface area contributed by atoms with E-state index >= 15 is 0 Å². The first-order valence-corrected chi connectivity index (χ1v) is 15.7. The first-order valence-electron chi connectivity index (χ1n) is 13.4. The van der Waals surface area contributed by atoms with Crippen LogP contribution in [0.3, 0.4) is 0 Å². The standard InChI is InChI=1S/C28H31F3N6O4S2/c1-14-20(25-36-21-15(2)32-11-10-19(21)42-25)24(37-26(34-14)33-13-28(29,30)31)35-18-12-17(22(38)23(18)39)27(3,4)43(40,41)16-8-6-5-7-9-16/h5-11,17-18,22-23,38-39H,12-13H2,1-4H3,(H2,33,34,35,37)/t17-,18+,22+,23-/m0/s1. The minimum absolute atomic E-state index is 0.0259. The van der Waals surface area contributed by atoms with Crippen LogP contribution in [0.15, 0.2) is 47.5 Å². The highest BCUT2D eigenvalue weighted by atomic mass is 32.2. The van der Waals surface area contributed by atoms with Crippen molar-refractivity contribution >= 4 is 43.2 Å². The molecule has 1 aliphatic rings. The van der Waals surface area contributed by atoms with Crippen molar-refractivity contribution < 1.29 is 31.8 Å². The number of aryl methyl sites for hydroxylation is 2. The van der Waals surface area contributed by atoms with Crippen LogP contribution in [-0.4, -0.2) is 74.3 Å². The van der Waals surface area contributed by atoms with Gasteiger partial charge in [-0.1, -0.05) is 18.2 Å². The van der Waals surface area contributed by atoms with Gasteiger partial charge in [0.2, 0.25) is 5.95 Å². The van der Waals surface area contributed by atoms with Crippen LogP contribution in [0.2, 0.25) is 0 Å². The van der Waals surface area contributed by atoms with Gasteiger partial charge in [-0.05, 0) is 52.3 Å². The number of alkyl halides is 3. The van der Waals surface area contributed by atoms with E-state index in [1.807, 2.05) is 0 Å². The molecular formula is C28H31F3N6O4S2. The minimum atomic E-state index is -4.52. The molecule has 0 aliphatic heterocycles. The van der Waals surface area contributed by atoms with E-state index in [1.165, 1.54) is 37.3 Å². The molecule has 4 aromatic rings. The van der Waals surface area contributed by atoms with Crippen LogP contribution in [0.25, 0.3) is 20.8 Å². The van der Waals surface area contributed by atoms with Crippen molar-refractivity contribution in [2.24, 2.45) is 5.92 Å². The number of sulfone groups is 1. The van der Waals surface area contributed by atoms with Gasteiger partial charge >= 0.3 is 6.18 Å². The lowest BCUT2D eigenvalue weighted by Crippen LogP contribution is -2.45. The summed E-state index contributed by atoms with van der Waals surface area (Å²) in [5, 5.41) is 28.0. The number of hydrogen-bond acceptors (Lipinski definition) is 11. The Labute approximate surface area is 250 Å². The second-order valence-electron chi connectivity index (χ2n) is 11.1. The molecule has 0 unspecified atom stereocenters. The van der Waals surface area contributed by atoms with Gasteiger partial charge in [0.25, 0.3) is 0 Å². The van der Waals surface area contributed by atoms with Gasteiger partial charge in [0.1, 0.15) is 29.0 Å². The van der Waals surface area contributed by atoms with Gasteiger partial charge < -0.3 is 20.8 Å². The van der Waals surface area contributed by atoms with E-state index in [4.69, 9.17) is 4.98 Å². The predicted octanol–water partition coefficient (Wildman–Crippen LogP) is 4.51. The zero-order chi connectivity index (χ0) is 31.3. The van der Waals surface area contributed by atoms with Gasteiger partial charge in [-0.2, -0.15) is 18.2 Å². The van der Waals surface area contributed by atoms with Crippen molar-refractivity contribution in [3.8, 4) is 10.6 Å². The number of rotatable bonds is 8. The van der Waals surface area contributed by atoms with Crippen molar-refractivity contribution in [3.63, 3.8) is 0 Å². The zero-order valence-electron chi connectivity index (χ0n) is 23.7. The maximum atomic E-state index is 13.6. The molecule has 4 N–H and O–H groups in total. The third-order valence-electron chi connectivity index (χ3n) is 7.88. The van der Waals surface area contributed by atoms with Gasteiger partial charge in [0.05, 0.1) is 43.4 Å². The third-order valence-corrected chi connectivity index (χ3v) is 11.5. The van der Waals surface area contributed by atoms with E-state index in [0.29, 0.717) is 27.5 Å². The number of anilines is 2. The lowest BCUT2D eigenvalue weighted by molar-refractivity contribution is -0.115. The van der Waals surface area contributed by atoms with Crippen LogP contribution in [0, 0.1) is 19.8 Å². The van der Waals surface area contributed by atoms with E-state index < -0.39 is 51.5 Å². The van der Waals surface area contributed by atoms with Crippen LogP contribution in [0.1, 0.15) is 31.7 Å². The molecule has 0 radical (unpaired) electrons. The quantitative estimate of drug-likeness (QED) is 0.218. The lowest BCUT2D eigenvalue weighted by atomic mass is 9.91. The number of thiazole rings is 1. The normalized spacial score (nSPS) is 21.3. The topological polar surface area (TPSA) is 150 Å². The zero-order valence-corrected chi connectivity index (χ0v) is 25.3. The van der Waals surface area contributed by atoms with Crippen LogP contribution in [-0.2, 0) is 9.84 Å². The summed E-state index contributed by atoms with van der Waals surface area (Å²) in [4.78, 5) is 17.6. The fraction of sp³-hybridized carbons (Fsp3) is 0.429. The Balaban J connectivity index is 1.53. The molecule has 5 rings (SSSR count). The number of aliphatic hydroxyl groups is 2. The molecule has 1 aromatic carbocycles. The third kappa shape index (κ3) is 5.90. The molecule has 1 fully saturated rings. The monoisotopic (exact) mass is 636 g/mol. The Kier molecular flexibility index (Phi) is 8.13. The van der Waals surface area contributed by atoms with E-state index in [-0.39, 0.29) is 23.1 Å². The molecule has 0 amide bonds. The molecule has 1 aliphatic carbocycles. The average Bonchev–Trinajstić information content (AvgIpc) is 3.49. The molecule has 0 bridgehead atoms. The fourth-order valence-electron chi connectivity index (χ4n) is 5.43. The SMILES string of the molecule is Cc1nc(NCC(F)(F)F)nc(N[C@@H]2C[C@H](C(C)(C)S(=O)(=O)c3ccccc3)[C@@H](O)[C@H]2O)c1-c1nc2c(C)nccc2s1. The maximum absolute atomic E-state index is 13.6. The summed E-state index contributed by atoms with van der Waals surface area (Å²) >= 11 is 1.32. The molecule has 10 nitrogen and oxygen atoms in total. The summed E-state index contributed by atoms with van der Waals surface area (Å²) in [6.45, 7) is 5.07. The average molecular weight is 637 g/mol. The van der Waals surface area contributed by atoms with Crippen LogP contribution in [0.5, 0.6) is 0 Å². The molecule has 0 saturated heterocycles. The van der Waals surface area contributed by atoms with Crippen LogP contribution < -0.4 is 10.6 Å². The second-order valence-corrected chi connectivity index (χ2v) is 14.6. The first kappa shape index (κ1) is 31.0. The van der Waals surface area contributed by atoms with Gasteiger partial charge in [-0.15, -0.1) is 11.3 Å². The van der Waals surface area contributed by atoms with Crippen LogP contribution in [0.4, 0.5) is 24.9 Å². The Morgan fingerprint density at radius 1 is 1.00 bits per heavy atom. The summed E-state index contributed by atoms with van der Waals surface area (Å²) < 4.78 is 65.5. The molecule has 0 spiro atoms. The van der Waals surface area contributed by atoms with Crippen LogP contribution >= 0.6 is 11.3 Å². The first-order chi connectivity index (χ1) is 20.1. The summed E-state index contributed by atoms with van der Waals surface area (Å²) in [5.74, 6) is -1.10. The van der Waals surface area contributed by atoms with E-state index in [1.54, 1.807) is 44.3 Å². The largest absolute Gasteiger partial charge is 0.405 e. The Bertz CT molecular complexity index is 1750. The predicted molar refractivity (Wildman–Crippen MR) is 158 cm³/mol. The number of nitrogens with one attached hydrogen (secondary N) is 2. The molecule has 4 atom stereocenters. The highest BCUT2D eigenvalue weighted by Gasteiger charge is 2.54. The second kappa shape index (κ2) is 11.3. The Morgan fingerprint density at radius 3 is 2.35 bits per heavy atom. The van der Waals surface area contributed by atoms with Crippen molar-refractivity contribution in [2.75, 3.05) is 17.2 Å². The minimum Gasteiger partial charge on any atom is -0.390 e. The lowest BCUT2D eigenvalue weighted by Gasteiger charge is -2.33. The van der Waals surface area contributed by atoms with Gasteiger partial charge in [0.15, 0.2) is 9.84 Å². The van der Waals surface area contributed by atoms with Crippen molar-refractivity contribution in [1.29, 1.82) is 0 Å². The molecule has 3 aromatic heterocycles. The molecule has 1 saturated carbocycles. The van der Waals surface area contributed by atoms with Crippen molar-refractivity contribution in [1.82, 2.24) is 19.9 Å². The molecule has 43 heavy (non-hydrogen) atoms. The van der Waals surface area contributed by atoms with Crippen molar-refractivity contribution in [2.45, 2.75) is 68.2 Å². The van der Waals surface area contributed by atoms with Gasteiger partial charge in [-0.3, -0.25) is 4.98 Å². The molecule has 230 valence electrons. The highest BCUT2D eigenvalue weighted by molar-refractivity contribution is 7.92. The summed E-state index contributed by atoms with van der Waals surface area (Å²) in [7, 11) is -3.93. The fourth-order valence-corrected chi connectivity index (χ4v) is 8.29. The number of nitrogens with zero attached hydrogens (tertiary/aromatic N) is 4. The summed E-state index contributed by atoms with van der Waals surface area (Å²) in [5.41, 5.74) is 2.06. The number of aromatic nitrogens is 4. The highest BCUT2D eigenvalue weighted by Crippen LogP contribution is 2.44. The van der Waals surface area contributed by atoms with Crippen molar-refractivity contribution in [3.05, 3.63) is 54.0 Å². The maximum Gasteiger partial charge on any atom is 0.405 e. The van der Waals surface area contributed by atoms with Gasteiger partial charge in [-0.25, -0.2) is 18.4 Å². The number of hydrogen-bond donors (Lipinski definition) is 4. The van der Waals surface area contributed by atoms with E-state index in [0.717, 1.165) is 4.70 Å². The number of halogens is 3. The Morgan fingerprint density at radius 2 is 1.70 bits per heavy atom. The van der Waals surface area contributed by atoms with E-state index in [9.17, 15) is 31.8 Å². The van der Waals surface area contributed by atoms with E-state index in [2.05, 4.69) is 25.6 Å². The Hall–Kier alpha value is -3.40. The molecular weight excluding hydrogens is 605 g/mol.